The third-order valence-electron chi connectivity index (χ3n) is 2.51. The van der Waals surface area contributed by atoms with Crippen LogP contribution < -0.4 is 0 Å². The average molecular weight is 219 g/mol. The molecule has 0 saturated carbocycles. The number of aliphatic carboxylic acids is 1. The Morgan fingerprint density at radius 3 is 3.06 bits per heavy atom. The van der Waals surface area contributed by atoms with Crippen LogP contribution in [-0.4, -0.2) is 25.7 Å². The van der Waals surface area contributed by atoms with E-state index >= 15 is 0 Å². The Bertz CT molecular complexity index is 507. The van der Waals surface area contributed by atoms with Crippen LogP contribution in [-0.2, 0) is 4.79 Å². The first-order valence-electron chi connectivity index (χ1n) is 5.25. The molecule has 0 aromatic carbocycles. The van der Waals surface area contributed by atoms with Crippen LogP contribution in [0.25, 0.3) is 5.65 Å². The number of carboxylic acid groups (broad SMARTS) is 1. The molecule has 0 saturated heterocycles. The van der Waals surface area contributed by atoms with Gasteiger partial charge < -0.3 is 5.11 Å². The van der Waals surface area contributed by atoms with Crippen LogP contribution >= 0.6 is 0 Å². The number of rotatable bonds is 4. The van der Waals surface area contributed by atoms with Gasteiger partial charge in [-0.2, -0.15) is 5.10 Å². The molecule has 2 rings (SSSR count). The van der Waals surface area contributed by atoms with Crippen LogP contribution in [0.3, 0.4) is 0 Å². The minimum Gasteiger partial charge on any atom is -0.481 e. The van der Waals surface area contributed by atoms with E-state index in [2.05, 4.69) is 10.1 Å². The number of fused-ring (bicyclic) bond motifs is 1. The number of aromatic nitrogens is 3. The first-order valence-corrected chi connectivity index (χ1v) is 5.25. The third-order valence-corrected chi connectivity index (χ3v) is 2.51. The number of carboxylic acids is 1. The Hall–Kier alpha value is -1.91. The van der Waals surface area contributed by atoms with Gasteiger partial charge in [0.2, 0.25) is 0 Å². The first kappa shape index (κ1) is 10.6. The lowest BCUT2D eigenvalue weighted by Crippen LogP contribution is -2.13. The predicted octanol–water partition coefficient (Wildman–Crippen LogP) is 1.70. The van der Waals surface area contributed by atoms with Crippen molar-refractivity contribution < 1.29 is 9.90 Å². The minimum atomic E-state index is -0.821. The molecule has 2 heterocycles. The van der Waals surface area contributed by atoms with E-state index in [1.165, 1.54) is 0 Å². The zero-order valence-electron chi connectivity index (χ0n) is 9.00. The van der Waals surface area contributed by atoms with Gasteiger partial charge in [-0.15, -0.1) is 0 Å². The molecule has 0 bridgehead atoms. The summed E-state index contributed by atoms with van der Waals surface area (Å²) in [5.74, 6) is -1.34. The number of hydrogen-bond acceptors (Lipinski definition) is 3. The van der Waals surface area contributed by atoms with E-state index in [0.717, 1.165) is 6.42 Å². The van der Waals surface area contributed by atoms with E-state index in [1.54, 1.807) is 29.0 Å². The molecule has 0 fully saturated rings. The molecule has 1 atom stereocenters. The second-order valence-corrected chi connectivity index (χ2v) is 3.67. The van der Waals surface area contributed by atoms with Crippen molar-refractivity contribution in [3.05, 3.63) is 30.2 Å². The standard InChI is InChI=1S/C11H13N3O2/c1-2-3-8(11(15)16)9-5-7-14-10(13-9)4-6-12-14/h4-8H,2-3H2,1H3,(H,15,16). The maximum absolute atomic E-state index is 11.1. The van der Waals surface area contributed by atoms with Gasteiger partial charge in [-0.05, 0) is 12.5 Å². The van der Waals surface area contributed by atoms with Crippen molar-refractivity contribution in [2.24, 2.45) is 0 Å². The second kappa shape index (κ2) is 4.30. The van der Waals surface area contributed by atoms with Gasteiger partial charge in [0, 0.05) is 12.3 Å². The maximum atomic E-state index is 11.1. The summed E-state index contributed by atoms with van der Waals surface area (Å²) < 4.78 is 1.62. The van der Waals surface area contributed by atoms with Crippen LogP contribution in [0, 0.1) is 0 Å². The molecule has 0 spiro atoms. The van der Waals surface area contributed by atoms with Gasteiger partial charge in [-0.1, -0.05) is 13.3 Å². The topological polar surface area (TPSA) is 67.5 Å². The summed E-state index contributed by atoms with van der Waals surface area (Å²) in [6.45, 7) is 1.97. The molecule has 84 valence electrons. The Kier molecular flexibility index (Phi) is 2.85. The highest BCUT2D eigenvalue weighted by molar-refractivity contribution is 5.75. The molecule has 5 heteroatoms. The molecule has 1 unspecified atom stereocenters. The van der Waals surface area contributed by atoms with Crippen molar-refractivity contribution in [1.82, 2.24) is 14.6 Å². The summed E-state index contributed by atoms with van der Waals surface area (Å²) in [5, 5.41) is 13.1. The number of nitrogens with zero attached hydrogens (tertiary/aromatic N) is 3. The highest BCUT2D eigenvalue weighted by atomic mass is 16.4. The molecule has 2 aromatic rings. The molecule has 5 nitrogen and oxygen atoms in total. The van der Waals surface area contributed by atoms with E-state index in [-0.39, 0.29) is 0 Å². The lowest BCUT2D eigenvalue weighted by atomic mass is 10.00. The van der Waals surface area contributed by atoms with Crippen LogP contribution in [0.15, 0.2) is 24.5 Å². The molecule has 0 amide bonds. The molecule has 16 heavy (non-hydrogen) atoms. The summed E-state index contributed by atoms with van der Waals surface area (Å²) in [6, 6.07) is 3.48. The van der Waals surface area contributed by atoms with E-state index in [4.69, 9.17) is 5.11 Å². The van der Waals surface area contributed by atoms with Crippen molar-refractivity contribution in [1.29, 1.82) is 0 Å². The monoisotopic (exact) mass is 219 g/mol. The van der Waals surface area contributed by atoms with Gasteiger partial charge in [0.25, 0.3) is 0 Å². The van der Waals surface area contributed by atoms with Crippen molar-refractivity contribution in [2.75, 3.05) is 0 Å². The van der Waals surface area contributed by atoms with Crippen LogP contribution in [0.1, 0.15) is 31.4 Å². The fourth-order valence-electron chi connectivity index (χ4n) is 1.71. The second-order valence-electron chi connectivity index (χ2n) is 3.67. The van der Waals surface area contributed by atoms with Gasteiger partial charge in [0.1, 0.15) is 0 Å². The maximum Gasteiger partial charge on any atom is 0.312 e. The molecule has 0 aliphatic carbocycles. The molecule has 0 aliphatic rings. The number of hydrogen-bond donors (Lipinski definition) is 1. The lowest BCUT2D eigenvalue weighted by Gasteiger charge is -2.10. The van der Waals surface area contributed by atoms with Crippen LogP contribution in [0.5, 0.6) is 0 Å². The highest BCUT2D eigenvalue weighted by Gasteiger charge is 2.20. The highest BCUT2D eigenvalue weighted by Crippen LogP contribution is 2.20. The van der Waals surface area contributed by atoms with E-state index in [9.17, 15) is 4.79 Å². The average Bonchev–Trinajstić information content (AvgIpc) is 2.72. The summed E-state index contributed by atoms with van der Waals surface area (Å²) in [7, 11) is 0. The zero-order valence-corrected chi connectivity index (χ0v) is 9.00. The minimum absolute atomic E-state index is 0.523. The normalized spacial score (nSPS) is 12.8. The summed E-state index contributed by atoms with van der Waals surface area (Å²) in [6.07, 6.45) is 4.81. The molecule has 0 aliphatic heterocycles. The Morgan fingerprint density at radius 2 is 2.38 bits per heavy atom. The van der Waals surface area contributed by atoms with Crippen molar-refractivity contribution >= 4 is 11.6 Å². The van der Waals surface area contributed by atoms with Crippen molar-refractivity contribution in [3.63, 3.8) is 0 Å². The Morgan fingerprint density at radius 1 is 1.56 bits per heavy atom. The smallest absolute Gasteiger partial charge is 0.312 e. The van der Waals surface area contributed by atoms with E-state index in [1.807, 2.05) is 6.92 Å². The van der Waals surface area contributed by atoms with Crippen LogP contribution in [0.2, 0.25) is 0 Å². The quantitative estimate of drug-likeness (QED) is 0.849. The summed E-state index contributed by atoms with van der Waals surface area (Å²) >= 11 is 0. The molecular weight excluding hydrogens is 206 g/mol. The van der Waals surface area contributed by atoms with Crippen molar-refractivity contribution in [2.45, 2.75) is 25.7 Å². The van der Waals surface area contributed by atoms with Gasteiger partial charge in [-0.3, -0.25) is 4.79 Å². The molecule has 0 radical (unpaired) electrons. The molecule has 1 N–H and O–H groups in total. The van der Waals surface area contributed by atoms with Gasteiger partial charge in [-0.25, -0.2) is 9.50 Å². The van der Waals surface area contributed by atoms with E-state index < -0.39 is 11.9 Å². The SMILES string of the molecule is CCCC(C(=O)O)c1ccn2nccc2n1. The fraction of sp³-hybridized carbons (Fsp3) is 0.364. The predicted molar refractivity (Wildman–Crippen MR) is 58.3 cm³/mol. The first-order chi connectivity index (χ1) is 7.72. The van der Waals surface area contributed by atoms with Gasteiger partial charge >= 0.3 is 5.97 Å². The number of carbonyl (C=O) groups is 1. The van der Waals surface area contributed by atoms with Gasteiger partial charge in [0.05, 0.1) is 17.8 Å². The van der Waals surface area contributed by atoms with Crippen molar-refractivity contribution in [3.8, 4) is 0 Å². The van der Waals surface area contributed by atoms with Gasteiger partial charge in [0.15, 0.2) is 5.65 Å². The van der Waals surface area contributed by atoms with Crippen LogP contribution in [0.4, 0.5) is 0 Å². The zero-order chi connectivity index (χ0) is 11.5. The Labute approximate surface area is 92.7 Å². The molecular formula is C11H13N3O2. The summed E-state index contributed by atoms with van der Waals surface area (Å²) in [5.41, 5.74) is 1.28. The third kappa shape index (κ3) is 1.88. The molecule has 2 aromatic heterocycles. The fourth-order valence-corrected chi connectivity index (χ4v) is 1.71. The Balaban J connectivity index is 2.39. The van der Waals surface area contributed by atoms with E-state index in [0.29, 0.717) is 17.8 Å². The summed E-state index contributed by atoms with van der Waals surface area (Å²) in [4.78, 5) is 15.4. The lowest BCUT2D eigenvalue weighted by molar-refractivity contribution is -0.139. The largest absolute Gasteiger partial charge is 0.481 e.